The van der Waals surface area contributed by atoms with E-state index in [1.807, 2.05) is 30.3 Å². The van der Waals surface area contributed by atoms with Gasteiger partial charge in [0.1, 0.15) is 6.61 Å². The van der Waals surface area contributed by atoms with Gasteiger partial charge in [0.25, 0.3) is 0 Å². The van der Waals surface area contributed by atoms with Gasteiger partial charge in [-0.2, -0.15) is 0 Å². The van der Waals surface area contributed by atoms with Gasteiger partial charge in [0.2, 0.25) is 5.88 Å². The van der Waals surface area contributed by atoms with Crippen molar-refractivity contribution >= 4 is 12.6 Å². The highest BCUT2D eigenvalue weighted by atomic mass is 16.6. The maximum atomic E-state index is 10.4. The zero-order valence-corrected chi connectivity index (χ0v) is 14.6. The average Bonchev–Trinajstić information content (AvgIpc) is 2.52. The number of hydrogen-bond donors (Lipinski definition) is 2. The standard InChI is InChI=1S/C18H24BNO4/c1-17(2,21)18(3,4)24-19(22)15-11-8-12-20-16(15)23-13-14-9-6-5-7-10-14/h5-12,21-22H,13H2,1-4H3. The van der Waals surface area contributed by atoms with E-state index < -0.39 is 18.3 Å². The van der Waals surface area contributed by atoms with Crippen LogP contribution in [0, 0.1) is 0 Å². The minimum absolute atomic E-state index is 0.306. The Labute approximate surface area is 143 Å². The molecule has 0 fully saturated rings. The largest absolute Gasteiger partial charge is 0.497 e. The van der Waals surface area contributed by atoms with Crippen LogP contribution in [0.5, 0.6) is 5.88 Å². The summed E-state index contributed by atoms with van der Waals surface area (Å²) in [5.74, 6) is 0.306. The molecule has 6 heteroatoms. The molecular formula is C18H24BNO4. The fourth-order valence-electron chi connectivity index (χ4n) is 1.92. The topological polar surface area (TPSA) is 71.8 Å². The molecule has 0 saturated carbocycles. The van der Waals surface area contributed by atoms with E-state index in [4.69, 9.17) is 9.39 Å². The Balaban J connectivity index is 2.13. The van der Waals surface area contributed by atoms with Crippen LogP contribution in [0.1, 0.15) is 33.3 Å². The van der Waals surface area contributed by atoms with Crippen LogP contribution in [0.25, 0.3) is 0 Å². The van der Waals surface area contributed by atoms with Crippen LogP contribution in [0.3, 0.4) is 0 Å². The molecule has 0 aliphatic heterocycles. The van der Waals surface area contributed by atoms with E-state index >= 15 is 0 Å². The molecule has 2 N–H and O–H groups in total. The first-order chi connectivity index (χ1) is 11.2. The monoisotopic (exact) mass is 329 g/mol. The molecule has 0 aliphatic rings. The highest BCUT2D eigenvalue weighted by molar-refractivity contribution is 6.61. The number of pyridine rings is 1. The normalized spacial score (nSPS) is 12.1. The molecule has 1 aromatic carbocycles. The smallest absolute Gasteiger partial charge is 0.473 e. The third-order valence-electron chi connectivity index (χ3n) is 4.16. The minimum atomic E-state index is -1.26. The SMILES string of the molecule is CC(C)(O)C(C)(C)OB(O)c1cccnc1OCc1ccccc1. The van der Waals surface area contributed by atoms with E-state index in [0.29, 0.717) is 17.9 Å². The maximum Gasteiger partial charge on any atom is 0.497 e. The van der Waals surface area contributed by atoms with Gasteiger partial charge < -0.3 is 19.5 Å². The fourth-order valence-corrected chi connectivity index (χ4v) is 1.92. The summed E-state index contributed by atoms with van der Waals surface area (Å²) in [7, 11) is -1.26. The van der Waals surface area contributed by atoms with Crippen LogP contribution in [-0.4, -0.2) is 33.4 Å². The molecule has 24 heavy (non-hydrogen) atoms. The second-order valence-electron chi connectivity index (χ2n) is 6.71. The van der Waals surface area contributed by atoms with E-state index in [0.717, 1.165) is 5.56 Å². The number of rotatable bonds is 7. The Kier molecular flexibility index (Phi) is 5.64. The van der Waals surface area contributed by atoms with Gasteiger partial charge in [-0.15, -0.1) is 0 Å². The van der Waals surface area contributed by atoms with Crippen molar-refractivity contribution in [2.75, 3.05) is 0 Å². The predicted octanol–water partition coefficient (Wildman–Crippen LogP) is 1.91. The number of hydrogen-bond acceptors (Lipinski definition) is 5. The van der Waals surface area contributed by atoms with Crippen LogP contribution in [0.15, 0.2) is 48.7 Å². The first-order valence-corrected chi connectivity index (χ1v) is 7.90. The van der Waals surface area contributed by atoms with Crippen LogP contribution >= 0.6 is 0 Å². The number of aromatic nitrogens is 1. The van der Waals surface area contributed by atoms with Gasteiger partial charge in [-0.05, 0) is 39.3 Å². The summed E-state index contributed by atoms with van der Waals surface area (Å²) < 4.78 is 11.4. The quantitative estimate of drug-likeness (QED) is 0.760. The highest BCUT2D eigenvalue weighted by Gasteiger charge is 2.40. The third kappa shape index (κ3) is 4.57. The summed E-state index contributed by atoms with van der Waals surface area (Å²) in [6, 6.07) is 13.1. The van der Waals surface area contributed by atoms with Crippen molar-refractivity contribution in [3.8, 4) is 5.88 Å². The zero-order valence-electron chi connectivity index (χ0n) is 14.6. The molecule has 0 amide bonds. The van der Waals surface area contributed by atoms with Crippen LogP contribution in [-0.2, 0) is 11.3 Å². The molecule has 5 nitrogen and oxygen atoms in total. The molecule has 0 saturated heterocycles. The van der Waals surface area contributed by atoms with E-state index in [2.05, 4.69) is 4.98 Å². The first kappa shape index (κ1) is 18.5. The lowest BCUT2D eigenvalue weighted by Crippen LogP contribution is -2.53. The molecule has 0 atom stereocenters. The third-order valence-corrected chi connectivity index (χ3v) is 4.16. The molecule has 0 spiro atoms. The van der Waals surface area contributed by atoms with Crippen molar-refractivity contribution in [3.05, 3.63) is 54.2 Å². The molecule has 1 aromatic heterocycles. The van der Waals surface area contributed by atoms with Gasteiger partial charge in [0.15, 0.2) is 0 Å². The van der Waals surface area contributed by atoms with Gasteiger partial charge in [-0.3, -0.25) is 0 Å². The maximum absolute atomic E-state index is 10.4. The van der Waals surface area contributed by atoms with Crippen molar-refractivity contribution in [2.45, 2.75) is 45.5 Å². The summed E-state index contributed by atoms with van der Waals surface area (Å²) >= 11 is 0. The Morgan fingerprint density at radius 3 is 2.33 bits per heavy atom. The van der Waals surface area contributed by atoms with Gasteiger partial charge in [0.05, 0.1) is 11.2 Å². The van der Waals surface area contributed by atoms with Gasteiger partial charge in [-0.25, -0.2) is 4.98 Å². The lowest BCUT2D eigenvalue weighted by atomic mass is 9.77. The molecule has 0 unspecified atom stereocenters. The molecular weight excluding hydrogens is 305 g/mol. The van der Waals surface area contributed by atoms with Crippen LogP contribution < -0.4 is 10.2 Å². The molecule has 1 heterocycles. The predicted molar refractivity (Wildman–Crippen MR) is 94.1 cm³/mol. The van der Waals surface area contributed by atoms with Crippen molar-refractivity contribution in [1.82, 2.24) is 4.98 Å². The van der Waals surface area contributed by atoms with Crippen LogP contribution in [0.4, 0.5) is 0 Å². The summed E-state index contributed by atoms with van der Waals surface area (Å²) in [5, 5.41) is 20.6. The van der Waals surface area contributed by atoms with Crippen molar-refractivity contribution < 1.29 is 19.5 Å². The molecule has 2 rings (SSSR count). The molecule has 0 aliphatic carbocycles. The van der Waals surface area contributed by atoms with E-state index in [1.165, 1.54) is 0 Å². The highest BCUT2D eigenvalue weighted by Crippen LogP contribution is 2.25. The summed E-state index contributed by atoms with van der Waals surface area (Å²) in [6.07, 6.45) is 1.59. The summed E-state index contributed by atoms with van der Waals surface area (Å²) in [6.45, 7) is 7.05. The summed E-state index contributed by atoms with van der Waals surface area (Å²) in [5.41, 5.74) is -0.660. The van der Waals surface area contributed by atoms with E-state index in [1.54, 1.807) is 46.0 Å². The van der Waals surface area contributed by atoms with Gasteiger partial charge in [-0.1, -0.05) is 36.4 Å². The molecule has 128 valence electrons. The van der Waals surface area contributed by atoms with Crippen molar-refractivity contribution in [3.63, 3.8) is 0 Å². The zero-order chi connectivity index (χ0) is 17.8. The fraction of sp³-hybridized carbons (Fsp3) is 0.389. The second-order valence-corrected chi connectivity index (χ2v) is 6.71. The average molecular weight is 329 g/mol. The lowest BCUT2D eigenvalue weighted by Gasteiger charge is -2.38. The number of ether oxygens (including phenoxy) is 1. The second kappa shape index (κ2) is 7.34. The van der Waals surface area contributed by atoms with E-state index in [-0.39, 0.29) is 0 Å². The minimum Gasteiger partial charge on any atom is -0.473 e. The first-order valence-electron chi connectivity index (χ1n) is 7.90. The number of aliphatic hydroxyl groups is 1. The molecule has 0 radical (unpaired) electrons. The Bertz CT molecular complexity index is 656. The van der Waals surface area contributed by atoms with Gasteiger partial charge in [0, 0.05) is 11.7 Å². The lowest BCUT2D eigenvalue weighted by molar-refractivity contribution is -0.0983. The van der Waals surface area contributed by atoms with E-state index in [9.17, 15) is 10.1 Å². The summed E-state index contributed by atoms with van der Waals surface area (Å²) in [4.78, 5) is 4.18. The Morgan fingerprint density at radius 2 is 1.71 bits per heavy atom. The number of nitrogens with zero attached hydrogens (tertiary/aromatic N) is 1. The Morgan fingerprint density at radius 1 is 1.04 bits per heavy atom. The molecule has 2 aromatic rings. The van der Waals surface area contributed by atoms with Crippen LogP contribution in [0.2, 0.25) is 0 Å². The number of benzene rings is 1. The van der Waals surface area contributed by atoms with Crippen molar-refractivity contribution in [2.24, 2.45) is 0 Å². The van der Waals surface area contributed by atoms with Crippen molar-refractivity contribution in [1.29, 1.82) is 0 Å². The Hall–Kier alpha value is -1.89. The molecule has 0 bridgehead atoms. The van der Waals surface area contributed by atoms with Gasteiger partial charge >= 0.3 is 7.12 Å².